The van der Waals surface area contributed by atoms with Gasteiger partial charge in [0, 0.05) is 43.8 Å². The maximum Gasteiger partial charge on any atom is 0.191 e. The van der Waals surface area contributed by atoms with E-state index in [0.717, 1.165) is 12.5 Å². The molecular weight excluding hydrogens is 274 g/mol. The molecule has 1 aliphatic carbocycles. The summed E-state index contributed by atoms with van der Waals surface area (Å²) in [5.41, 5.74) is 0.0523. The van der Waals surface area contributed by atoms with E-state index in [9.17, 15) is 0 Å². The topological polar surface area (TPSA) is 42.9 Å². The highest BCUT2D eigenvalue weighted by Gasteiger charge is 2.25. The SMILES string of the molecule is CCN1CCN(C(C)CN=C(NC2CC2)NC(C)(C)C)CC1. The van der Waals surface area contributed by atoms with Gasteiger partial charge in [-0.3, -0.25) is 9.89 Å². The van der Waals surface area contributed by atoms with Gasteiger partial charge in [0.2, 0.25) is 0 Å². The first-order chi connectivity index (χ1) is 10.4. The predicted octanol–water partition coefficient (Wildman–Crippen LogP) is 1.51. The van der Waals surface area contributed by atoms with E-state index in [0.29, 0.717) is 12.1 Å². The number of nitrogens with one attached hydrogen (secondary N) is 2. The van der Waals surface area contributed by atoms with Crippen LogP contribution in [0.15, 0.2) is 4.99 Å². The fourth-order valence-corrected chi connectivity index (χ4v) is 2.76. The first-order valence-corrected chi connectivity index (χ1v) is 8.93. The number of piperazine rings is 1. The van der Waals surface area contributed by atoms with Gasteiger partial charge < -0.3 is 15.5 Å². The van der Waals surface area contributed by atoms with Gasteiger partial charge in [0.05, 0.1) is 6.54 Å². The van der Waals surface area contributed by atoms with Gasteiger partial charge in [-0.15, -0.1) is 0 Å². The van der Waals surface area contributed by atoms with Crippen LogP contribution in [0.1, 0.15) is 47.5 Å². The molecule has 0 aromatic heterocycles. The number of likely N-dealkylation sites (N-methyl/N-ethyl adjacent to an activating group) is 1. The molecule has 1 aliphatic heterocycles. The van der Waals surface area contributed by atoms with Gasteiger partial charge >= 0.3 is 0 Å². The van der Waals surface area contributed by atoms with Gasteiger partial charge in [-0.2, -0.15) is 0 Å². The Morgan fingerprint density at radius 3 is 2.32 bits per heavy atom. The van der Waals surface area contributed by atoms with Gasteiger partial charge in [-0.25, -0.2) is 0 Å². The van der Waals surface area contributed by atoms with Crippen LogP contribution in [0.25, 0.3) is 0 Å². The van der Waals surface area contributed by atoms with Crippen molar-refractivity contribution in [1.29, 1.82) is 0 Å². The van der Waals surface area contributed by atoms with Gasteiger partial charge in [0.15, 0.2) is 5.96 Å². The monoisotopic (exact) mass is 309 g/mol. The van der Waals surface area contributed by atoms with Crippen LogP contribution in [-0.2, 0) is 0 Å². The van der Waals surface area contributed by atoms with E-state index in [4.69, 9.17) is 4.99 Å². The van der Waals surface area contributed by atoms with Crippen LogP contribution in [0.4, 0.5) is 0 Å². The van der Waals surface area contributed by atoms with Crippen LogP contribution >= 0.6 is 0 Å². The minimum atomic E-state index is 0.0523. The molecule has 2 N–H and O–H groups in total. The maximum absolute atomic E-state index is 4.84. The lowest BCUT2D eigenvalue weighted by molar-refractivity contribution is 0.109. The molecule has 2 rings (SSSR count). The highest BCUT2D eigenvalue weighted by Crippen LogP contribution is 2.18. The van der Waals surface area contributed by atoms with E-state index in [1.54, 1.807) is 0 Å². The summed E-state index contributed by atoms with van der Waals surface area (Å²) >= 11 is 0. The minimum absolute atomic E-state index is 0.0523. The highest BCUT2D eigenvalue weighted by molar-refractivity contribution is 5.81. The molecule has 2 fully saturated rings. The molecule has 22 heavy (non-hydrogen) atoms. The fraction of sp³-hybridized carbons (Fsp3) is 0.941. The molecule has 1 unspecified atom stereocenters. The quantitative estimate of drug-likeness (QED) is 0.597. The van der Waals surface area contributed by atoms with Crippen molar-refractivity contribution in [2.45, 2.75) is 65.1 Å². The van der Waals surface area contributed by atoms with Crippen LogP contribution in [0.3, 0.4) is 0 Å². The van der Waals surface area contributed by atoms with E-state index in [1.807, 2.05) is 0 Å². The first-order valence-electron chi connectivity index (χ1n) is 8.93. The lowest BCUT2D eigenvalue weighted by atomic mass is 10.1. The van der Waals surface area contributed by atoms with Crippen molar-refractivity contribution in [3.05, 3.63) is 0 Å². The predicted molar refractivity (Wildman–Crippen MR) is 94.5 cm³/mol. The molecule has 0 bridgehead atoms. The third-order valence-electron chi connectivity index (χ3n) is 4.40. The van der Waals surface area contributed by atoms with Crippen molar-refractivity contribution in [3.63, 3.8) is 0 Å². The summed E-state index contributed by atoms with van der Waals surface area (Å²) in [5.74, 6) is 0.981. The van der Waals surface area contributed by atoms with Crippen molar-refractivity contribution >= 4 is 5.96 Å². The highest BCUT2D eigenvalue weighted by atomic mass is 15.3. The molecule has 0 aromatic rings. The van der Waals surface area contributed by atoms with Gasteiger partial charge in [0.25, 0.3) is 0 Å². The molecule has 0 spiro atoms. The van der Waals surface area contributed by atoms with Crippen molar-refractivity contribution in [1.82, 2.24) is 20.4 Å². The normalized spacial score (nSPS) is 23.4. The van der Waals surface area contributed by atoms with Gasteiger partial charge in [-0.05, 0) is 47.1 Å². The molecule has 2 aliphatic rings. The standard InChI is InChI=1S/C17H35N5/c1-6-21-9-11-22(12-10-21)14(2)13-18-16(19-15-7-8-15)20-17(3,4)5/h14-15H,6-13H2,1-5H3,(H2,18,19,20). The average Bonchev–Trinajstić information content (AvgIpc) is 3.27. The largest absolute Gasteiger partial charge is 0.354 e. The second-order valence-corrected chi connectivity index (χ2v) is 7.80. The average molecular weight is 310 g/mol. The summed E-state index contributed by atoms with van der Waals surface area (Å²) in [6.45, 7) is 17.9. The van der Waals surface area contributed by atoms with E-state index >= 15 is 0 Å². The number of nitrogens with zero attached hydrogens (tertiary/aromatic N) is 3. The minimum Gasteiger partial charge on any atom is -0.354 e. The van der Waals surface area contributed by atoms with Crippen molar-refractivity contribution in [3.8, 4) is 0 Å². The van der Waals surface area contributed by atoms with Crippen molar-refractivity contribution in [2.24, 2.45) is 4.99 Å². The number of rotatable bonds is 5. The van der Waals surface area contributed by atoms with E-state index in [-0.39, 0.29) is 5.54 Å². The molecule has 1 heterocycles. The van der Waals surface area contributed by atoms with Crippen LogP contribution in [0, 0.1) is 0 Å². The lowest BCUT2D eigenvalue weighted by Gasteiger charge is -2.37. The van der Waals surface area contributed by atoms with Crippen molar-refractivity contribution in [2.75, 3.05) is 39.3 Å². The summed E-state index contributed by atoms with van der Waals surface area (Å²) < 4.78 is 0. The zero-order chi connectivity index (χ0) is 16.2. The van der Waals surface area contributed by atoms with Gasteiger partial charge in [-0.1, -0.05) is 6.92 Å². The molecule has 0 amide bonds. The van der Waals surface area contributed by atoms with Crippen LogP contribution < -0.4 is 10.6 Å². The molecule has 1 atom stereocenters. The molecule has 5 nitrogen and oxygen atoms in total. The van der Waals surface area contributed by atoms with Crippen LogP contribution in [-0.4, -0.2) is 72.7 Å². The number of hydrogen-bond donors (Lipinski definition) is 2. The van der Waals surface area contributed by atoms with Gasteiger partial charge in [0.1, 0.15) is 0 Å². The zero-order valence-electron chi connectivity index (χ0n) is 15.2. The third-order valence-corrected chi connectivity index (χ3v) is 4.40. The van der Waals surface area contributed by atoms with E-state index < -0.39 is 0 Å². The van der Waals surface area contributed by atoms with E-state index in [2.05, 4.69) is 55.1 Å². The molecule has 128 valence electrons. The second kappa shape index (κ2) is 7.64. The van der Waals surface area contributed by atoms with Crippen LogP contribution in [0.2, 0.25) is 0 Å². The second-order valence-electron chi connectivity index (χ2n) is 7.80. The Labute approximate surface area is 136 Å². The zero-order valence-corrected chi connectivity index (χ0v) is 15.2. The van der Waals surface area contributed by atoms with Crippen molar-refractivity contribution < 1.29 is 0 Å². The fourth-order valence-electron chi connectivity index (χ4n) is 2.76. The molecule has 1 saturated heterocycles. The summed E-state index contributed by atoms with van der Waals surface area (Å²) in [5, 5.41) is 7.05. The summed E-state index contributed by atoms with van der Waals surface area (Å²) in [6.07, 6.45) is 2.55. The lowest BCUT2D eigenvalue weighted by Crippen LogP contribution is -2.51. The number of guanidine groups is 1. The van der Waals surface area contributed by atoms with Crippen LogP contribution in [0.5, 0.6) is 0 Å². The Hall–Kier alpha value is -0.810. The third kappa shape index (κ3) is 6.13. The molecule has 5 heteroatoms. The Bertz CT molecular complexity index is 362. The Balaban J connectivity index is 1.83. The Kier molecular flexibility index (Phi) is 6.09. The summed E-state index contributed by atoms with van der Waals surface area (Å²) in [6, 6.07) is 1.15. The molecular formula is C17H35N5. The Morgan fingerprint density at radius 2 is 1.82 bits per heavy atom. The molecule has 0 aromatic carbocycles. The number of hydrogen-bond acceptors (Lipinski definition) is 3. The molecule has 1 saturated carbocycles. The maximum atomic E-state index is 4.84. The Morgan fingerprint density at radius 1 is 1.18 bits per heavy atom. The van der Waals surface area contributed by atoms with E-state index in [1.165, 1.54) is 45.6 Å². The number of aliphatic imine (C=N–C) groups is 1. The molecule has 0 radical (unpaired) electrons. The first kappa shape index (κ1) is 17.5. The smallest absolute Gasteiger partial charge is 0.191 e. The summed E-state index contributed by atoms with van der Waals surface area (Å²) in [7, 11) is 0. The summed E-state index contributed by atoms with van der Waals surface area (Å²) in [4.78, 5) is 9.94.